The second-order valence-electron chi connectivity index (χ2n) is 14.9. The van der Waals surface area contributed by atoms with Gasteiger partial charge in [-0.3, -0.25) is 0 Å². The zero-order valence-corrected chi connectivity index (χ0v) is 31.7. The number of para-hydroxylation sites is 1. The third-order valence-corrected chi connectivity index (χ3v) is 12.8. The first-order valence-corrected chi connectivity index (χ1v) is 20.3. The van der Waals surface area contributed by atoms with E-state index in [1.807, 2.05) is 11.3 Å². The van der Waals surface area contributed by atoms with E-state index in [1.54, 1.807) is 0 Å². The molecule has 0 fully saturated rings. The Hall–Kier alpha value is -7.20. The monoisotopic (exact) mass is 742 g/mol. The maximum Gasteiger partial charge on any atom is 0.0619 e. The molecule has 2 heterocycles. The lowest BCUT2D eigenvalue weighted by Gasteiger charge is -2.28. The number of nitrogens with zero attached hydrogens (tertiary/aromatic N) is 2. The van der Waals surface area contributed by atoms with E-state index in [0.29, 0.717) is 0 Å². The number of rotatable bonds is 5. The van der Waals surface area contributed by atoms with E-state index < -0.39 is 0 Å². The van der Waals surface area contributed by atoms with Gasteiger partial charge in [0.2, 0.25) is 0 Å². The first kappa shape index (κ1) is 32.1. The van der Waals surface area contributed by atoms with Gasteiger partial charge in [0, 0.05) is 58.8 Å². The smallest absolute Gasteiger partial charge is 0.0619 e. The fourth-order valence-electron chi connectivity index (χ4n) is 9.12. The van der Waals surface area contributed by atoms with Crippen LogP contribution in [0.3, 0.4) is 0 Å². The van der Waals surface area contributed by atoms with E-state index in [4.69, 9.17) is 0 Å². The van der Waals surface area contributed by atoms with E-state index in [2.05, 4.69) is 216 Å². The normalized spacial score (nSPS) is 11.9. The largest absolute Gasteiger partial charge is 0.310 e. The van der Waals surface area contributed by atoms with Gasteiger partial charge >= 0.3 is 0 Å². The van der Waals surface area contributed by atoms with Gasteiger partial charge in [0.1, 0.15) is 0 Å². The minimum absolute atomic E-state index is 1.12. The Bertz CT molecular complexity index is 3520. The Morgan fingerprint density at radius 1 is 0.368 bits per heavy atom. The van der Waals surface area contributed by atoms with Crippen LogP contribution in [0.4, 0.5) is 17.1 Å². The molecule has 0 aliphatic heterocycles. The van der Waals surface area contributed by atoms with Crippen molar-refractivity contribution in [2.75, 3.05) is 4.90 Å². The van der Waals surface area contributed by atoms with Crippen LogP contribution in [0.25, 0.3) is 91.1 Å². The Kier molecular flexibility index (Phi) is 7.13. The van der Waals surface area contributed by atoms with E-state index in [-0.39, 0.29) is 0 Å². The molecule has 0 bridgehead atoms. The molecule has 0 radical (unpaired) electrons. The van der Waals surface area contributed by atoms with Crippen molar-refractivity contribution >= 4 is 103 Å². The van der Waals surface area contributed by atoms with Gasteiger partial charge in [0.25, 0.3) is 0 Å². The average Bonchev–Trinajstić information content (AvgIpc) is 3.81. The zero-order chi connectivity index (χ0) is 37.5. The Labute approximate surface area is 333 Å². The van der Waals surface area contributed by atoms with Crippen LogP contribution in [0.2, 0.25) is 0 Å². The van der Waals surface area contributed by atoms with Gasteiger partial charge < -0.3 is 9.47 Å². The highest BCUT2D eigenvalue weighted by Gasteiger charge is 2.22. The molecule has 0 spiro atoms. The van der Waals surface area contributed by atoms with Crippen LogP contribution in [0.1, 0.15) is 0 Å². The van der Waals surface area contributed by atoms with Crippen LogP contribution in [-0.2, 0) is 0 Å². The number of benzene rings is 10. The van der Waals surface area contributed by atoms with Gasteiger partial charge in [-0.25, -0.2) is 0 Å². The number of anilines is 3. The van der Waals surface area contributed by atoms with Crippen LogP contribution in [-0.4, -0.2) is 4.57 Å². The van der Waals surface area contributed by atoms with E-state index in [9.17, 15) is 0 Å². The molecule has 0 aliphatic carbocycles. The van der Waals surface area contributed by atoms with E-state index in [1.165, 1.54) is 85.4 Å². The molecule has 0 saturated carbocycles. The zero-order valence-electron chi connectivity index (χ0n) is 30.9. The van der Waals surface area contributed by atoms with Crippen LogP contribution >= 0.6 is 11.3 Å². The van der Waals surface area contributed by atoms with Crippen molar-refractivity contribution in [3.63, 3.8) is 0 Å². The summed E-state index contributed by atoms with van der Waals surface area (Å²) in [5, 5.41) is 12.5. The lowest BCUT2D eigenvalue weighted by molar-refractivity contribution is 1.18. The topological polar surface area (TPSA) is 8.17 Å². The summed E-state index contributed by atoms with van der Waals surface area (Å²) >= 11 is 1.88. The highest BCUT2D eigenvalue weighted by atomic mass is 32.1. The Balaban J connectivity index is 1.14. The molecule has 0 amide bonds. The van der Waals surface area contributed by atoms with Gasteiger partial charge in [-0.05, 0) is 93.3 Å². The fraction of sp³-hybridized carbons (Fsp3) is 0. The van der Waals surface area contributed by atoms with Crippen molar-refractivity contribution in [3.8, 4) is 16.8 Å². The first-order valence-electron chi connectivity index (χ1n) is 19.5. The Morgan fingerprint density at radius 3 is 1.82 bits per heavy atom. The van der Waals surface area contributed by atoms with Crippen LogP contribution in [0, 0.1) is 0 Å². The lowest BCUT2D eigenvalue weighted by Crippen LogP contribution is -2.10. The second kappa shape index (κ2) is 12.7. The molecule has 10 aromatic carbocycles. The van der Waals surface area contributed by atoms with Gasteiger partial charge in [0.05, 0.1) is 16.7 Å². The molecule has 2 aromatic heterocycles. The molecule has 0 unspecified atom stereocenters. The highest BCUT2D eigenvalue weighted by Crippen LogP contribution is 2.47. The molecule has 0 atom stereocenters. The van der Waals surface area contributed by atoms with Crippen LogP contribution < -0.4 is 4.90 Å². The minimum Gasteiger partial charge on any atom is -0.310 e. The number of hydrogen-bond acceptors (Lipinski definition) is 2. The number of hydrogen-bond donors (Lipinski definition) is 0. The van der Waals surface area contributed by atoms with Crippen molar-refractivity contribution in [1.82, 2.24) is 4.57 Å². The summed E-state index contributed by atoms with van der Waals surface area (Å²) in [4.78, 5) is 2.48. The van der Waals surface area contributed by atoms with Gasteiger partial charge in [-0.15, -0.1) is 11.3 Å². The number of aromatic nitrogens is 1. The molecule has 3 heteroatoms. The molecule has 12 aromatic rings. The molecule has 0 saturated heterocycles. The summed E-state index contributed by atoms with van der Waals surface area (Å²) in [6.07, 6.45) is 0. The predicted octanol–water partition coefficient (Wildman–Crippen LogP) is 15.7. The van der Waals surface area contributed by atoms with Crippen molar-refractivity contribution in [2.45, 2.75) is 0 Å². The summed E-state index contributed by atoms with van der Waals surface area (Å²) in [5.41, 5.74) is 9.42. The van der Waals surface area contributed by atoms with Gasteiger partial charge in [-0.1, -0.05) is 146 Å². The summed E-state index contributed by atoms with van der Waals surface area (Å²) in [5.74, 6) is 0. The average molecular weight is 743 g/mol. The third kappa shape index (κ3) is 5.03. The SMILES string of the molecule is c1ccc(-c2ccc(N(c3ccc4c(c3)sc3cc5ccccc5cc34)c3ccc4c(c3)c3ccc5ccccc5c3n4-c3ccccc3)c3ccccc23)cc1. The van der Waals surface area contributed by atoms with Gasteiger partial charge in [-0.2, -0.15) is 0 Å². The molecular weight excluding hydrogens is 709 g/mol. The van der Waals surface area contributed by atoms with E-state index in [0.717, 1.165) is 22.7 Å². The minimum atomic E-state index is 1.12. The molecule has 0 N–H and O–H groups in total. The summed E-state index contributed by atoms with van der Waals surface area (Å²) in [7, 11) is 0. The summed E-state index contributed by atoms with van der Waals surface area (Å²) in [6.45, 7) is 0. The first-order chi connectivity index (χ1) is 28.3. The van der Waals surface area contributed by atoms with Gasteiger partial charge in [0.15, 0.2) is 0 Å². The van der Waals surface area contributed by atoms with Crippen molar-refractivity contribution < 1.29 is 0 Å². The second-order valence-corrected chi connectivity index (χ2v) is 16.0. The maximum atomic E-state index is 2.48. The van der Waals surface area contributed by atoms with Crippen molar-refractivity contribution in [3.05, 3.63) is 206 Å². The molecule has 266 valence electrons. The third-order valence-electron chi connectivity index (χ3n) is 11.7. The lowest BCUT2D eigenvalue weighted by atomic mass is 9.96. The molecule has 2 nitrogen and oxygen atoms in total. The quantitative estimate of drug-likeness (QED) is 0.170. The maximum absolute atomic E-state index is 2.48. The van der Waals surface area contributed by atoms with Crippen molar-refractivity contribution in [1.29, 1.82) is 0 Å². The number of thiophene rings is 1. The molecule has 12 rings (SSSR count). The highest BCUT2D eigenvalue weighted by molar-refractivity contribution is 7.26. The standard InChI is InChI=1S/C54H34N2S/c1-3-13-35(14-4-1)42-28-30-50(45-22-12-11-21-44(42)45)55(41-24-27-46-49-31-37-16-7-8-17-38(37)32-52(49)57-53(46)34-41)40-25-29-51-48(33-40)47-26-23-36-15-9-10-20-43(36)54(47)56(51)39-18-5-2-6-19-39/h1-34H. The predicted molar refractivity (Wildman–Crippen MR) is 246 cm³/mol. The van der Waals surface area contributed by atoms with Crippen LogP contribution in [0.15, 0.2) is 206 Å². The summed E-state index contributed by atoms with van der Waals surface area (Å²) < 4.78 is 5.03. The number of fused-ring (bicyclic) bond motifs is 10. The summed E-state index contributed by atoms with van der Waals surface area (Å²) in [6, 6.07) is 75.8. The molecule has 0 aliphatic rings. The Morgan fingerprint density at radius 2 is 1.00 bits per heavy atom. The van der Waals surface area contributed by atoms with Crippen molar-refractivity contribution in [2.24, 2.45) is 0 Å². The fourth-order valence-corrected chi connectivity index (χ4v) is 10.3. The van der Waals surface area contributed by atoms with Crippen LogP contribution in [0.5, 0.6) is 0 Å². The van der Waals surface area contributed by atoms with E-state index >= 15 is 0 Å². The molecule has 57 heavy (non-hydrogen) atoms. The molecular formula is C54H34N2S.